The van der Waals surface area contributed by atoms with E-state index in [-0.39, 0.29) is 0 Å². The highest BCUT2D eigenvalue weighted by atomic mass is 15.0. The summed E-state index contributed by atoms with van der Waals surface area (Å²) in [6.07, 6.45) is 7.74. The number of nitrogens with zero attached hydrogens (tertiary/aromatic N) is 2. The van der Waals surface area contributed by atoms with E-state index < -0.39 is 0 Å². The first kappa shape index (κ1) is 12.6. The number of pyridine rings is 1. The molecule has 0 radical (unpaired) electrons. The third kappa shape index (κ3) is 2.34. The molecule has 0 spiro atoms. The summed E-state index contributed by atoms with van der Waals surface area (Å²) < 4.78 is 2.15. The van der Waals surface area contributed by atoms with Crippen LogP contribution in [0, 0.1) is 0 Å². The van der Waals surface area contributed by atoms with E-state index in [1.54, 1.807) is 0 Å². The van der Waals surface area contributed by atoms with Crippen molar-refractivity contribution >= 4 is 5.65 Å². The second-order valence-electron chi connectivity index (χ2n) is 5.70. The number of aryl methyl sites for hydroxylation is 1. The SMILES string of the molecule is c1ccc2c(c1)CCC[C@@H]2NCc1cnc2ccccn12. The largest absolute Gasteiger partial charge is 0.304 e. The second kappa shape index (κ2) is 5.34. The molecule has 0 saturated heterocycles. The van der Waals surface area contributed by atoms with Gasteiger partial charge >= 0.3 is 0 Å². The lowest BCUT2D eigenvalue weighted by molar-refractivity contribution is 0.455. The summed E-state index contributed by atoms with van der Waals surface area (Å²) in [7, 11) is 0. The number of aromatic nitrogens is 2. The zero-order chi connectivity index (χ0) is 14.1. The molecular weight excluding hydrogens is 258 g/mol. The van der Waals surface area contributed by atoms with Crippen molar-refractivity contribution < 1.29 is 0 Å². The van der Waals surface area contributed by atoms with Gasteiger partial charge in [0.15, 0.2) is 0 Å². The Bertz CT molecular complexity index is 760. The van der Waals surface area contributed by atoms with Crippen LogP contribution in [-0.4, -0.2) is 9.38 Å². The minimum Gasteiger partial charge on any atom is -0.304 e. The first-order valence-corrected chi connectivity index (χ1v) is 7.64. The van der Waals surface area contributed by atoms with Crippen molar-refractivity contribution in [1.29, 1.82) is 0 Å². The van der Waals surface area contributed by atoms with Gasteiger partial charge in [0.1, 0.15) is 5.65 Å². The van der Waals surface area contributed by atoms with Crippen LogP contribution in [0.1, 0.15) is 35.7 Å². The zero-order valence-electron chi connectivity index (χ0n) is 12.0. The van der Waals surface area contributed by atoms with Gasteiger partial charge in [-0.05, 0) is 42.5 Å². The van der Waals surface area contributed by atoms with Crippen LogP contribution in [0.25, 0.3) is 5.65 Å². The molecule has 0 bridgehead atoms. The Hall–Kier alpha value is -2.13. The van der Waals surface area contributed by atoms with Gasteiger partial charge in [0.05, 0.1) is 11.9 Å². The number of rotatable bonds is 3. The summed E-state index contributed by atoms with van der Waals surface area (Å²) in [5.41, 5.74) is 5.20. The third-order valence-corrected chi connectivity index (χ3v) is 4.39. The van der Waals surface area contributed by atoms with Crippen molar-refractivity contribution in [2.45, 2.75) is 31.8 Å². The van der Waals surface area contributed by atoms with Crippen molar-refractivity contribution in [3.05, 3.63) is 71.7 Å². The Morgan fingerprint density at radius 3 is 3.05 bits per heavy atom. The molecule has 0 unspecified atom stereocenters. The number of fused-ring (bicyclic) bond motifs is 2. The van der Waals surface area contributed by atoms with Gasteiger partial charge in [0.2, 0.25) is 0 Å². The number of hydrogen-bond donors (Lipinski definition) is 1. The maximum atomic E-state index is 4.45. The van der Waals surface area contributed by atoms with E-state index in [9.17, 15) is 0 Å². The number of imidazole rings is 1. The van der Waals surface area contributed by atoms with Crippen molar-refractivity contribution in [2.24, 2.45) is 0 Å². The zero-order valence-corrected chi connectivity index (χ0v) is 12.0. The van der Waals surface area contributed by atoms with Gasteiger partial charge < -0.3 is 9.72 Å². The summed E-state index contributed by atoms with van der Waals surface area (Å²) in [4.78, 5) is 4.45. The molecule has 2 aromatic heterocycles. The highest BCUT2D eigenvalue weighted by Gasteiger charge is 2.19. The molecule has 1 aliphatic rings. The maximum absolute atomic E-state index is 4.45. The molecule has 1 aromatic carbocycles. The van der Waals surface area contributed by atoms with Gasteiger partial charge in [-0.15, -0.1) is 0 Å². The highest BCUT2D eigenvalue weighted by molar-refractivity contribution is 5.40. The fourth-order valence-corrected chi connectivity index (χ4v) is 3.31. The van der Waals surface area contributed by atoms with Crippen molar-refractivity contribution in [2.75, 3.05) is 0 Å². The van der Waals surface area contributed by atoms with Gasteiger partial charge in [-0.2, -0.15) is 0 Å². The quantitative estimate of drug-likeness (QED) is 0.794. The summed E-state index contributed by atoms with van der Waals surface area (Å²) in [5.74, 6) is 0. The fourth-order valence-electron chi connectivity index (χ4n) is 3.31. The van der Waals surface area contributed by atoms with Crippen molar-refractivity contribution in [3.63, 3.8) is 0 Å². The van der Waals surface area contributed by atoms with Gasteiger partial charge in [-0.1, -0.05) is 30.3 Å². The Labute approximate surface area is 124 Å². The van der Waals surface area contributed by atoms with E-state index >= 15 is 0 Å². The van der Waals surface area contributed by atoms with Crippen LogP contribution in [0.15, 0.2) is 54.9 Å². The molecule has 4 rings (SSSR count). The lowest BCUT2D eigenvalue weighted by atomic mass is 9.88. The van der Waals surface area contributed by atoms with Crippen LogP contribution < -0.4 is 5.32 Å². The molecule has 0 amide bonds. The van der Waals surface area contributed by atoms with Crippen LogP contribution >= 0.6 is 0 Å². The lowest BCUT2D eigenvalue weighted by Gasteiger charge is -2.26. The second-order valence-corrected chi connectivity index (χ2v) is 5.70. The Balaban J connectivity index is 1.55. The van der Waals surface area contributed by atoms with E-state index in [1.165, 1.54) is 36.1 Å². The first-order chi connectivity index (χ1) is 10.4. The molecule has 3 nitrogen and oxygen atoms in total. The van der Waals surface area contributed by atoms with Gasteiger partial charge in [0, 0.05) is 18.8 Å². The Morgan fingerprint density at radius 2 is 2.05 bits per heavy atom. The van der Waals surface area contributed by atoms with E-state index in [0.717, 1.165) is 12.2 Å². The molecule has 3 heteroatoms. The maximum Gasteiger partial charge on any atom is 0.136 e. The molecule has 1 N–H and O–H groups in total. The molecular formula is C18H19N3. The lowest BCUT2D eigenvalue weighted by Crippen LogP contribution is -2.25. The van der Waals surface area contributed by atoms with E-state index in [0.29, 0.717) is 6.04 Å². The predicted molar refractivity (Wildman–Crippen MR) is 84.2 cm³/mol. The summed E-state index contributed by atoms with van der Waals surface area (Å²) in [6.45, 7) is 0.851. The van der Waals surface area contributed by atoms with Crippen molar-refractivity contribution in [1.82, 2.24) is 14.7 Å². The predicted octanol–water partition coefficient (Wildman–Crippen LogP) is 3.50. The molecule has 106 valence electrons. The Kier molecular flexibility index (Phi) is 3.20. The normalized spacial score (nSPS) is 17.8. The third-order valence-electron chi connectivity index (χ3n) is 4.39. The van der Waals surface area contributed by atoms with Crippen LogP contribution in [0.2, 0.25) is 0 Å². The highest BCUT2D eigenvalue weighted by Crippen LogP contribution is 2.29. The molecule has 0 fully saturated rings. The minimum absolute atomic E-state index is 0.462. The number of benzene rings is 1. The van der Waals surface area contributed by atoms with Gasteiger partial charge in [-0.3, -0.25) is 0 Å². The summed E-state index contributed by atoms with van der Waals surface area (Å²) in [5, 5.41) is 3.71. The molecule has 0 aliphatic heterocycles. The average molecular weight is 277 g/mol. The standard InChI is InChI=1S/C18H19N3/c1-2-8-16-14(6-1)7-5-9-17(16)19-12-15-13-20-18-10-3-4-11-21(15)18/h1-4,6,8,10-11,13,17,19H,5,7,9,12H2/t17-/m0/s1. The minimum atomic E-state index is 0.462. The average Bonchev–Trinajstić information content (AvgIpc) is 2.96. The Morgan fingerprint density at radius 1 is 1.14 bits per heavy atom. The fraction of sp³-hybridized carbons (Fsp3) is 0.278. The van der Waals surface area contributed by atoms with Gasteiger partial charge in [0.25, 0.3) is 0 Å². The molecule has 1 atom stereocenters. The first-order valence-electron chi connectivity index (χ1n) is 7.64. The van der Waals surface area contributed by atoms with Crippen LogP contribution in [0.3, 0.4) is 0 Å². The van der Waals surface area contributed by atoms with E-state index in [2.05, 4.69) is 45.2 Å². The smallest absolute Gasteiger partial charge is 0.136 e. The number of hydrogen-bond acceptors (Lipinski definition) is 2. The van der Waals surface area contributed by atoms with E-state index in [1.807, 2.05) is 24.4 Å². The topological polar surface area (TPSA) is 29.3 Å². The molecule has 1 aliphatic carbocycles. The molecule has 2 heterocycles. The van der Waals surface area contributed by atoms with Crippen LogP contribution in [0.4, 0.5) is 0 Å². The number of nitrogens with one attached hydrogen (secondary N) is 1. The molecule has 3 aromatic rings. The molecule has 21 heavy (non-hydrogen) atoms. The van der Waals surface area contributed by atoms with Crippen LogP contribution in [0.5, 0.6) is 0 Å². The monoisotopic (exact) mass is 277 g/mol. The summed E-state index contributed by atoms with van der Waals surface area (Å²) in [6, 6.07) is 15.4. The molecule has 0 saturated carbocycles. The van der Waals surface area contributed by atoms with Crippen molar-refractivity contribution in [3.8, 4) is 0 Å². The van der Waals surface area contributed by atoms with Gasteiger partial charge in [-0.25, -0.2) is 4.98 Å². The summed E-state index contributed by atoms with van der Waals surface area (Å²) >= 11 is 0. The van der Waals surface area contributed by atoms with E-state index in [4.69, 9.17) is 0 Å². The van der Waals surface area contributed by atoms with Crippen LogP contribution in [-0.2, 0) is 13.0 Å².